The fraction of sp³-hybridized carbons (Fsp3) is 0.517. The fourth-order valence-corrected chi connectivity index (χ4v) is 10.8. The molecule has 3 aromatic rings. The van der Waals surface area contributed by atoms with Gasteiger partial charge in [-0.2, -0.15) is 0 Å². The normalized spacial score (nSPS) is 19.1. The molecule has 3 fully saturated rings. The van der Waals surface area contributed by atoms with Crippen LogP contribution in [0.3, 0.4) is 0 Å². The molecule has 2 saturated heterocycles. The first kappa shape index (κ1) is 57.8. The van der Waals surface area contributed by atoms with Gasteiger partial charge >= 0.3 is 12.1 Å². The summed E-state index contributed by atoms with van der Waals surface area (Å²) >= 11 is 0. The van der Waals surface area contributed by atoms with Crippen LogP contribution in [0.25, 0.3) is 5.70 Å². The van der Waals surface area contributed by atoms with E-state index < -0.39 is 6.03 Å². The number of urea groups is 2. The highest BCUT2D eigenvalue weighted by Crippen LogP contribution is 2.44. The van der Waals surface area contributed by atoms with Gasteiger partial charge in [0.1, 0.15) is 5.75 Å². The number of anilines is 2. The predicted molar refractivity (Wildman–Crippen MR) is 295 cm³/mol. The molecule has 21 heteroatoms. The summed E-state index contributed by atoms with van der Waals surface area (Å²) in [7, 11) is 0. The number of unbranched alkanes of at least 4 members (excludes halogenated alkanes) is 1. The number of fused-ring (bicyclic) bond motifs is 1. The quantitative estimate of drug-likeness (QED) is 0.0318. The lowest BCUT2D eigenvalue weighted by Gasteiger charge is -2.33. The Labute approximate surface area is 461 Å². The summed E-state index contributed by atoms with van der Waals surface area (Å²) in [5, 5.41) is 20.7. The molecular weight excluding hydrogens is 1010 g/mol. The number of piperidine rings is 1. The van der Waals surface area contributed by atoms with Crippen molar-refractivity contribution in [3.05, 3.63) is 95.2 Å². The molecule has 2 aromatic carbocycles. The molecule has 1 saturated carbocycles. The Hall–Kier alpha value is -7.36. The summed E-state index contributed by atoms with van der Waals surface area (Å²) in [6.07, 6.45) is 12.4. The Morgan fingerprint density at radius 3 is 2.18 bits per heavy atom. The number of nitrogens with one attached hydrogen (secondary N) is 7. The first-order chi connectivity index (χ1) is 38.5. The van der Waals surface area contributed by atoms with Crippen LogP contribution in [-0.2, 0) is 44.6 Å². The van der Waals surface area contributed by atoms with Gasteiger partial charge in [0.15, 0.2) is 0 Å². The minimum absolute atomic E-state index is 0.0591. The molecule has 9 amide bonds. The summed E-state index contributed by atoms with van der Waals surface area (Å²) in [6, 6.07) is 18.3. The van der Waals surface area contributed by atoms with E-state index in [2.05, 4.69) is 42.2 Å². The number of carbonyl (C=O) groups is 7. The number of carbonyl (C=O) groups excluding carboxylic acids is 7. The van der Waals surface area contributed by atoms with Gasteiger partial charge in [-0.1, -0.05) is 42.8 Å². The van der Waals surface area contributed by atoms with Crippen LogP contribution in [0.15, 0.2) is 78.4 Å². The van der Waals surface area contributed by atoms with E-state index in [4.69, 9.17) is 18.9 Å². The molecule has 0 spiro atoms. The SMILES string of the molecule is Cc1nc(Oc2ccccc2)ccc1N1C(=O)NC2=C(C(=O)N[C@@H]3CCCN(C(=O)/C=C/CNC(=O)CCCC(=O)NCCCOCCOCCOCCCNC(=O)CCCC[C@@H]4CC[C@@H]5NC(=O)N[C@H]45)C3)Cc3cccc1c32. The molecular formula is C58H76N10O11. The Morgan fingerprint density at radius 1 is 0.734 bits per heavy atom. The van der Waals surface area contributed by atoms with Gasteiger partial charge in [0.2, 0.25) is 35.4 Å². The van der Waals surface area contributed by atoms with Crippen LogP contribution in [0.2, 0.25) is 0 Å². The topological polar surface area (TPSA) is 260 Å². The summed E-state index contributed by atoms with van der Waals surface area (Å²) in [6.45, 7) is 6.62. The zero-order chi connectivity index (χ0) is 55.3. The third-order valence-electron chi connectivity index (χ3n) is 14.7. The molecule has 1 aromatic heterocycles. The van der Waals surface area contributed by atoms with E-state index in [9.17, 15) is 33.6 Å². The summed E-state index contributed by atoms with van der Waals surface area (Å²) in [5.74, 6) is 0.722. The number of hydrogen-bond donors (Lipinski definition) is 7. The lowest BCUT2D eigenvalue weighted by Crippen LogP contribution is -2.50. The highest BCUT2D eigenvalue weighted by atomic mass is 16.5. The van der Waals surface area contributed by atoms with Crippen LogP contribution < -0.4 is 46.9 Å². The number of pyridine rings is 1. The number of amides is 9. The molecule has 4 atom stereocenters. The average molecular weight is 1090 g/mol. The van der Waals surface area contributed by atoms with Crippen molar-refractivity contribution in [1.29, 1.82) is 0 Å². The molecule has 79 heavy (non-hydrogen) atoms. The molecule has 4 heterocycles. The third kappa shape index (κ3) is 16.8. The maximum Gasteiger partial charge on any atom is 0.331 e. The van der Waals surface area contributed by atoms with Gasteiger partial charge in [0.25, 0.3) is 0 Å². The second-order valence-corrected chi connectivity index (χ2v) is 20.5. The molecule has 424 valence electrons. The number of likely N-dealkylation sites (tertiary alicyclic amines) is 1. The maximum atomic E-state index is 13.9. The fourth-order valence-electron chi connectivity index (χ4n) is 10.8. The summed E-state index contributed by atoms with van der Waals surface area (Å²) < 4.78 is 22.6. The van der Waals surface area contributed by atoms with Crippen molar-refractivity contribution in [2.45, 2.75) is 115 Å². The predicted octanol–water partition coefficient (Wildman–Crippen LogP) is 5.34. The number of para-hydroxylation sites is 1. The first-order valence-corrected chi connectivity index (χ1v) is 28.0. The van der Waals surface area contributed by atoms with Crippen LogP contribution in [0.1, 0.15) is 100 Å². The number of ether oxygens (including phenoxy) is 4. The Morgan fingerprint density at radius 2 is 1.44 bits per heavy atom. The van der Waals surface area contributed by atoms with Crippen molar-refractivity contribution in [2.24, 2.45) is 5.92 Å². The maximum absolute atomic E-state index is 13.9. The summed E-state index contributed by atoms with van der Waals surface area (Å²) in [5.41, 5.74) is 4.48. The molecule has 0 radical (unpaired) electrons. The van der Waals surface area contributed by atoms with Crippen molar-refractivity contribution >= 4 is 58.7 Å². The zero-order valence-corrected chi connectivity index (χ0v) is 45.2. The Kier molecular flexibility index (Phi) is 21.6. The molecule has 0 bridgehead atoms. The zero-order valence-electron chi connectivity index (χ0n) is 45.2. The monoisotopic (exact) mass is 1090 g/mol. The van der Waals surface area contributed by atoms with Gasteiger partial charge in [-0.05, 0) is 100 Å². The number of benzene rings is 2. The van der Waals surface area contributed by atoms with E-state index in [0.29, 0.717) is 150 Å². The second-order valence-electron chi connectivity index (χ2n) is 20.5. The standard InChI is InChI=1S/C58H76N10O11/c1-39-46(25-26-51(62-39)79-43-16-3-2-4-17-43)68-47-18-7-14-41-37-44(55(53(41)47)66-58(68)75)56(73)63-42-15-10-30-67(38-42)52(72)22-9-27-59-49(70)20-8-21-50(71)61-29-12-32-77-34-36-78-35-33-76-31-11-28-60-48(69)19-6-5-13-40-23-24-45-54(40)65-57(74)64-45/h2-4,7,9,14,16-18,22,25-26,40,42,45,54H,5-6,8,10-13,15,19-21,23-24,27-38H2,1H3,(H,59,70)(H,60,69)(H,61,71)(H,63,73)(H,66,75)(H2,64,65,74)/b22-9+/t40-,42-,45+,54-/m1/s1. The van der Waals surface area contributed by atoms with E-state index in [1.54, 1.807) is 28.0 Å². The highest BCUT2D eigenvalue weighted by Gasteiger charge is 2.42. The van der Waals surface area contributed by atoms with Gasteiger partial charge in [0.05, 0.1) is 61.3 Å². The van der Waals surface area contributed by atoms with Gasteiger partial charge in [-0.15, -0.1) is 0 Å². The molecule has 5 aliphatic rings. The van der Waals surface area contributed by atoms with Crippen LogP contribution in [-0.4, -0.2) is 142 Å². The minimum Gasteiger partial charge on any atom is -0.439 e. The van der Waals surface area contributed by atoms with Crippen LogP contribution in [0.4, 0.5) is 21.0 Å². The lowest BCUT2D eigenvalue weighted by atomic mass is 9.96. The van der Waals surface area contributed by atoms with Crippen LogP contribution >= 0.6 is 0 Å². The third-order valence-corrected chi connectivity index (χ3v) is 14.7. The average Bonchev–Trinajstić information content (AvgIpc) is 4.37. The van der Waals surface area contributed by atoms with Crippen molar-refractivity contribution in [2.75, 3.05) is 77.3 Å². The van der Waals surface area contributed by atoms with E-state index in [0.717, 1.165) is 49.7 Å². The van der Waals surface area contributed by atoms with E-state index in [-0.39, 0.29) is 73.1 Å². The second kappa shape index (κ2) is 29.6. The van der Waals surface area contributed by atoms with Crippen LogP contribution in [0.5, 0.6) is 11.6 Å². The van der Waals surface area contributed by atoms with Crippen molar-refractivity contribution in [1.82, 2.24) is 47.1 Å². The van der Waals surface area contributed by atoms with Gasteiger partial charge in [-0.3, -0.25) is 28.9 Å². The number of rotatable bonds is 31. The molecule has 8 rings (SSSR count). The Balaban J connectivity index is 0.613. The van der Waals surface area contributed by atoms with Gasteiger partial charge < -0.3 is 61.1 Å². The van der Waals surface area contributed by atoms with Gasteiger partial charge in [0, 0.05) is 101 Å². The molecule has 2 aliphatic carbocycles. The van der Waals surface area contributed by atoms with E-state index >= 15 is 0 Å². The van der Waals surface area contributed by atoms with Crippen molar-refractivity contribution in [3.8, 4) is 11.6 Å². The smallest absolute Gasteiger partial charge is 0.331 e. The molecule has 0 unspecified atom stereocenters. The first-order valence-electron chi connectivity index (χ1n) is 28.0. The minimum atomic E-state index is -0.410. The Bertz CT molecular complexity index is 2680. The van der Waals surface area contributed by atoms with Crippen molar-refractivity contribution in [3.63, 3.8) is 0 Å². The van der Waals surface area contributed by atoms with Crippen LogP contribution in [0, 0.1) is 12.8 Å². The van der Waals surface area contributed by atoms with E-state index in [1.165, 1.54) is 6.08 Å². The van der Waals surface area contributed by atoms with E-state index in [1.807, 2.05) is 55.5 Å². The number of hydrogen-bond acceptors (Lipinski definition) is 12. The molecule has 21 nitrogen and oxygen atoms in total. The largest absolute Gasteiger partial charge is 0.439 e. The van der Waals surface area contributed by atoms with Crippen molar-refractivity contribution < 1.29 is 52.5 Å². The van der Waals surface area contributed by atoms with Gasteiger partial charge in [-0.25, -0.2) is 14.6 Å². The molecule has 3 aliphatic heterocycles. The lowest BCUT2D eigenvalue weighted by molar-refractivity contribution is -0.128. The number of aryl methyl sites for hydroxylation is 1. The molecule has 7 N–H and O–H groups in total. The highest BCUT2D eigenvalue weighted by molar-refractivity contribution is 6.16. The number of aromatic nitrogens is 1. The number of nitrogens with zero attached hydrogens (tertiary/aromatic N) is 3. The summed E-state index contributed by atoms with van der Waals surface area (Å²) in [4.78, 5) is 97.2.